The molecule has 3 heterocycles. The Labute approximate surface area is 155 Å². The summed E-state index contributed by atoms with van der Waals surface area (Å²) < 4.78 is 15.1. The molecule has 27 heavy (non-hydrogen) atoms. The van der Waals surface area contributed by atoms with Crippen LogP contribution in [0.4, 0.5) is 10.1 Å². The van der Waals surface area contributed by atoms with Gasteiger partial charge in [0.1, 0.15) is 5.65 Å². The van der Waals surface area contributed by atoms with Crippen LogP contribution in [0.1, 0.15) is 11.3 Å². The first kappa shape index (κ1) is 16.9. The van der Waals surface area contributed by atoms with E-state index >= 15 is 0 Å². The van der Waals surface area contributed by atoms with E-state index in [1.54, 1.807) is 6.07 Å². The van der Waals surface area contributed by atoms with E-state index in [4.69, 9.17) is 0 Å². The van der Waals surface area contributed by atoms with Crippen LogP contribution >= 0.6 is 0 Å². The fourth-order valence-electron chi connectivity index (χ4n) is 2.88. The molecule has 134 valence electrons. The summed E-state index contributed by atoms with van der Waals surface area (Å²) in [7, 11) is 0. The number of fused-ring (bicyclic) bond motifs is 1. The highest BCUT2D eigenvalue weighted by atomic mass is 19.1. The highest BCUT2D eigenvalue weighted by Gasteiger charge is 2.08. The molecule has 1 amide bonds. The molecule has 6 heteroatoms. The maximum Gasteiger partial charge on any atom is 0.230 e. The molecule has 0 aliphatic rings. The predicted octanol–water partition coefficient (Wildman–Crippen LogP) is 4.03. The molecule has 1 N–H and O–H groups in total. The number of anilines is 1. The number of benzene rings is 1. The highest BCUT2D eigenvalue weighted by Crippen LogP contribution is 2.21. The zero-order valence-corrected chi connectivity index (χ0v) is 14.7. The average molecular weight is 360 g/mol. The molecule has 5 nitrogen and oxygen atoms in total. The lowest BCUT2D eigenvalue weighted by molar-refractivity contribution is -0.115. The Hall–Kier alpha value is -3.54. The fraction of sp³-hybridized carbons (Fsp3) is 0.0952. The van der Waals surface area contributed by atoms with Crippen molar-refractivity contribution in [2.75, 3.05) is 5.32 Å². The van der Waals surface area contributed by atoms with E-state index in [2.05, 4.69) is 15.3 Å². The summed E-state index contributed by atoms with van der Waals surface area (Å²) in [5.74, 6) is -0.837. The van der Waals surface area contributed by atoms with Gasteiger partial charge in [0.2, 0.25) is 11.9 Å². The van der Waals surface area contributed by atoms with Crippen LogP contribution in [-0.4, -0.2) is 20.3 Å². The normalized spacial score (nSPS) is 10.9. The molecule has 4 aromatic rings. The summed E-state index contributed by atoms with van der Waals surface area (Å²) in [6.45, 7) is 2.04. The SMILES string of the molecule is Cc1ccc2nc(-c3ccc(NC(=O)Cc4cccc(F)n4)cc3)cn2c1. The van der Waals surface area contributed by atoms with Crippen LogP contribution in [0.3, 0.4) is 0 Å². The first-order chi connectivity index (χ1) is 13.1. The van der Waals surface area contributed by atoms with Gasteiger partial charge in [-0.3, -0.25) is 4.79 Å². The number of imidazole rings is 1. The Bertz CT molecular complexity index is 1120. The van der Waals surface area contributed by atoms with Gasteiger partial charge in [0.25, 0.3) is 0 Å². The number of aryl methyl sites for hydroxylation is 1. The van der Waals surface area contributed by atoms with Crippen molar-refractivity contribution in [1.82, 2.24) is 14.4 Å². The third kappa shape index (κ3) is 3.84. The van der Waals surface area contributed by atoms with Crippen LogP contribution in [-0.2, 0) is 11.2 Å². The number of hydrogen-bond acceptors (Lipinski definition) is 3. The van der Waals surface area contributed by atoms with Gasteiger partial charge in [-0.2, -0.15) is 4.39 Å². The number of nitrogens with zero attached hydrogens (tertiary/aromatic N) is 3. The van der Waals surface area contributed by atoms with Gasteiger partial charge < -0.3 is 9.72 Å². The van der Waals surface area contributed by atoms with Crippen LogP contribution in [0.25, 0.3) is 16.9 Å². The van der Waals surface area contributed by atoms with Crippen LogP contribution < -0.4 is 5.32 Å². The lowest BCUT2D eigenvalue weighted by Gasteiger charge is -2.06. The molecule has 0 aliphatic heterocycles. The van der Waals surface area contributed by atoms with Crippen molar-refractivity contribution in [2.24, 2.45) is 0 Å². The maximum absolute atomic E-state index is 13.1. The molecule has 0 atom stereocenters. The molecular weight excluding hydrogens is 343 g/mol. The Kier molecular flexibility index (Phi) is 4.38. The minimum Gasteiger partial charge on any atom is -0.326 e. The Balaban J connectivity index is 1.47. The first-order valence-electron chi connectivity index (χ1n) is 8.54. The molecular formula is C21H17FN4O. The lowest BCUT2D eigenvalue weighted by Crippen LogP contribution is -2.15. The Morgan fingerprint density at radius 2 is 1.85 bits per heavy atom. The van der Waals surface area contributed by atoms with E-state index in [1.165, 1.54) is 12.1 Å². The quantitative estimate of drug-likeness (QED) is 0.559. The molecule has 0 saturated heterocycles. The summed E-state index contributed by atoms with van der Waals surface area (Å²) in [4.78, 5) is 20.4. The smallest absolute Gasteiger partial charge is 0.230 e. The summed E-state index contributed by atoms with van der Waals surface area (Å²) in [6, 6.07) is 15.9. The van der Waals surface area contributed by atoms with E-state index in [0.717, 1.165) is 22.5 Å². The summed E-state index contributed by atoms with van der Waals surface area (Å²) >= 11 is 0. The second kappa shape index (κ2) is 6.99. The Morgan fingerprint density at radius 1 is 1.04 bits per heavy atom. The summed E-state index contributed by atoms with van der Waals surface area (Å²) in [6.07, 6.45) is 4.03. The zero-order valence-electron chi connectivity index (χ0n) is 14.7. The van der Waals surface area contributed by atoms with Crippen molar-refractivity contribution in [3.05, 3.63) is 84.2 Å². The van der Waals surface area contributed by atoms with E-state index in [0.29, 0.717) is 11.4 Å². The van der Waals surface area contributed by atoms with Crippen LogP contribution in [0, 0.1) is 12.9 Å². The van der Waals surface area contributed by atoms with Gasteiger partial charge in [0.05, 0.1) is 17.8 Å². The second-order valence-corrected chi connectivity index (χ2v) is 6.35. The molecule has 0 saturated carbocycles. The number of rotatable bonds is 4. The third-order valence-corrected chi connectivity index (χ3v) is 4.18. The van der Waals surface area contributed by atoms with Crippen molar-refractivity contribution in [2.45, 2.75) is 13.3 Å². The molecule has 3 aromatic heterocycles. The van der Waals surface area contributed by atoms with Crippen LogP contribution in [0.2, 0.25) is 0 Å². The summed E-state index contributed by atoms with van der Waals surface area (Å²) in [5.41, 5.74) is 4.93. The van der Waals surface area contributed by atoms with Crippen molar-refractivity contribution >= 4 is 17.2 Å². The number of amides is 1. The third-order valence-electron chi connectivity index (χ3n) is 4.18. The minimum absolute atomic E-state index is 0.0191. The maximum atomic E-state index is 13.1. The lowest BCUT2D eigenvalue weighted by atomic mass is 10.1. The fourth-order valence-corrected chi connectivity index (χ4v) is 2.88. The van der Waals surface area contributed by atoms with Crippen molar-refractivity contribution in [3.63, 3.8) is 0 Å². The molecule has 1 aromatic carbocycles. The predicted molar refractivity (Wildman–Crippen MR) is 102 cm³/mol. The van der Waals surface area contributed by atoms with Crippen molar-refractivity contribution in [1.29, 1.82) is 0 Å². The van der Waals surface area contributed by atoms with Crippen molar-refractivity contribution in [3.8, 4) is 11.3 Å². The van der Waals surface area contributed by atoms with Gasteiger partial charge in [-0.05, 0) is 42.8 Å². The number of carbonyl (C=O) groups is 1. The van der Waals surface area contributed by atoms with E-state index in [9.17, 15) is 9.18 Å². The van der Waals surface area contributed by atoms with Crippen LogP contribution in [0.15, 0.2) is 67.0 Å². The van der Waals surface area contributed by atoms with Gasteiger partial charge in [-0.15, -0.1) is 0 Å². The van der Waals surface area contributed by atoms with E-state index in [-0.39, 0.29) is 12.3 Å². The standard InChI is InChI=1S/C21H17FN4O/c1-14-5-10-20-25-18(13-26(20)12-14)15-6-8-16(9-7-15)24-21(27)11-17-3-2-4-19(22)23-17/h2-10,12-13H,11H2,1H3,(H,24,27). The molecule has 0 unspecified atom stereocenters. The molecule has 0 fully saturated rings. The molecule has 0 radical (unpaired) electrons. The van der Waals surface area contributed by atoms with Gasteiger partial charge in [0.15, 0.2) is 0 Å². The highest BCUT2D eigenvalue weighted by molar-refractivity contribution is 5.92. The second-order valence-electron chi connectivity index (χ2n) is 6.35. The first-order valence-corrected chi connectivity index (χ1v) is 8.54. The van der Waals surface area contributed by atoms with E-state index in [1.807, 2.05) is 60.1 Å². The number of halogens is 1. The van der Waals surface area contributed by atoms with Crippen molar-refractivity contribution < 1.29 is 9.18 Å². The average Bonchev–Trinajstić information content (AvgIpc) is 3.05. The van der Waals surface area contributed by atoms with E-state index < -0.39 is 5.95 Å². The number of aromatic nitrogens is 3. The number of nitrogens with one attached hydrogen (secondary N) is 1. The van der Waals surface area contributed by atoms with Gasteiger partial charge in [-0.25, -0.2) is 9.97 Å². The minimum atomic E-state index is -0.590. The van der Waals surface area contributed by atoms with Gasteiger partial charge >= 0.3 is 0 Å². The number of pyridine rings is 2. The number of hydrogen-bond donors (Lipinski definition) is 1. The largest absolute Gasteiger partial charge is 0.326 e. The molecule has 0 spiro atoms. The molecule has 4 rings (SSSR count). The van der Waals surface area contributed by atoms with Gasteiger partial charge in [0, 0.05) is 23.6 Å². The zero-order chi connectivity index (χ0) is 18.8. The van der Waals surface area contributed by atoms with Gasteiger partial charge in [-0.1, -0.05) is 24.3 Å². The number of carbonyl (C=O) groups excluding carboxylic acids is 1. The summed E-state index contributed by atoms with van der Waals surface area (Å²) in [5, 5.41) is 2.80. The molecule has 0 bridgehead atoms. The molecule has 0 aliphatic carbocycles. The monoisotopic (exact) mass is 360 g/mol. The van der Waals surface area contributed by atoms with Crippen LogP contribution in [0.5, 0.6) is 0 Å². The Morgan fingerprint density at radius 3 is 2.63 bits per heavy atom. The topological polar surface area (TPSA) is 59.3 Å².